The van der Waals surface area contributed by atoms with Crippen molar-refractivity contribution in [3.05, 3.63) is 53.2 Å². The summed E-state index contributed by atoms with van der Waals surface area (Å²) in [6.45, 7) is 6.66. The van der Waals surface area contributed by atoms with Gasteiger partial charge in [0.25, 0.3) is 0 Å². The minimum atomic E-state index is 0.0882. The van der Waals surface area contributed by atoms with Gasteiger partial charge in [0, 0.05) is 17.2 Å². The highest BCUT2D eigenvalue weighted by atomic mass is 14.7. The molecule has 0 spiro atoms. The van der Waals surface area contributed by atoms with E-state index in [-0.39, 0.29) is 5.41 Å². The molecule has 1 aliphatic rings. The Morgan fingerprint density at radius 1 is 1.06 bits per heavy atom. The molecule has 3 rings (SSSR count). The number of aromatic nitrogens is 1. The minimum Gasteiger partial charge on any atom is -0.256 e. The standard InChI is InChI=1S/C15H15N/c1-10-8-13-14(16-9-10)11-6-4-5-7-12(11)15(13,2)3/h4-9H,1-3H3. The van der Waals surface area contributed by atoms with Crippen molar-refractivity contribution in [3.63, 3.8) is 0 Å². The molecule has 80 valence electrons. The lowest BCUT2D eigenvalue weighted by Crippen LogP contribution is -2.15. The Labute approximate surface area is 96.2 Å². The van der Waals surface area contributed by atoms with Crippen molar-refractivity contribution in [2.24, 2.45) is 0 Å². The van der Waals surface area contributed by atoms with Crippen LogP contribution >= 0.6 is 0 Å². The molecule has 2 aromatic rings. The summed E-state index contributed by atoms with van der Waals surface area (Å²) in [6.07, 6.45) is 1.96. The summed E-state index contributed by atoms with van der Waals surface area (Å²) in [5.74, 6) is 0. The summed E-state index contributed by atoms with van der Waals surface area (Å²) >= 11 is 0. The number of pyridine rings is 1. The van der Waals surface area contributed by atoms with Crippen molar-refractivity contribution in [1.29, 1.82) is 0 Å². The SMILES string of the molecule is Cc1cnc2c(c1)C(C)(C)c1ccccc1-2. The lowest BCUT2D eigenvalue weighted by Gasteiger charge is -2.21. The van der Waals surface area contributed by atoms with Crippen molar-refractivity contribution in [1.82, 2.24) is 4.98 Å². The summed E-state index contributed by atoms with van der Waals surface area (Å²) in [5.41, 5.74) is 6.52. The highest BCUT2D eigenvalue weighted by Crippen LogP contribution is 2.47. The first-order valence-electron chi connectivity index (χ1n) is 5.68. The van der Waals surface area contributed by atoms with Crippen LogP contribution in [0.15, 0.2) is 36.5 Å². The second kappa shape index (κ2) is 2.94. The number of hydrogen-bond acceptors (Lipinski definition) is 1. The fourth-order valence-electron chi connectivity index (χ4n) is 2.64. The molecule has 1 aliphatic carbocycles. The van der Waals surface area contributed by atoms with Crippen LogP contribution in [0, 0.1) is 6.92 Å². The first-order valence-corrected chi connectivity index (χ1v) is 5.68. The Hall–Kier alpha value is -1.63. The molecule has 0 saturated carbocycles. The third-order valence-corrected chi connectivity index (χ3v) is 3.55. The molecule has 0 radical (unpaired) electrons. The van der Waals surface area contributed by atoms with Crippen LogP contribution < -0.4 is 0 Å². The van der Waals surface area contributed by atoms with Gasteiger partial charge in [-0.05, 0) is 23.6 Å². The van der Waals surface area contributed by atoms with Crippen LogP contribution in [0.1, 0.15) is 30.5 Å². The molecule has 1 heteroatoms. The lowest BCUT2D eigenvalue weighted by molar-refractivity contribution is 0.658. The Kier molecular flexibility index (Phi) is 1.76. The third-order valence-electron chi connectivity index (χ3n) is 3.55. The Morgan fingerprint density at radius 2 is 1.81 bits per heavy atom. The summed E-state index contributed by atoms with van der Waals surface area (Å²) in [5, 5.41) is 0. The first kappa shape index (κ1) is 9.59. The van der Waals surface area contributed by atoms with Crippen LogP contribution in [0.3, 0.4) is 0 Å². The van der Waals surface area contributed by atoms with E-state index in [1.54, 1.807) is 0 Å². The zero-order chi connectivity index (χ0) is 11.3. The van der Waals surface area contributed by atoms with Crippen LogP contribution in [0.2, 0.25) is 0 Å². The molecule has 0 N–H and O–H groups in total. The number of hydrogen-bond donors (Lipinski definition) is 0. The van der Waals surface area contributed by atoms with E-state index >= 15 is 0 Å². The summed E-state index contributed by atoms with van der Waals surface area (Å²) in [6, 6.07) is 10.9. The van der Waals surface area contributed by atoms with Crippen LogP contribution in [-0.2, 0) is 5.41 Å². The molecule has 0 saturated heterocycles. The van der Waals surface area contributed by atoms with Crippen LogP contribution in [0.25, 0.3) is 11.3 Å². The van der Waals surface area contributed by atoms with E-state index < -0.39 is 0 Å². The van der Waals surface area contributed by atoms with Gasteiger partial charge < -0.3 is 0 Å². The molecular formula is C15H15N. The number of aryl methyl sites for hydroxylation is 1. The third kappa shape index (κ3) is 1.09. The van der Waals surface area contributed by atoms with Gasteiger partial charge in [0.05, 0.1) is 5.69 Å². The molecule has 0 aliphatic heterocycles. The second-order valence-electron chi connectivity index (χ2n) is 5.08. The minimum absolute atomic E-state index is 0.0882. The highest BCUT2D eigenvalue weighted by molar-refractivity contribution is 5.77. The molecule has 16 heavy (non-hydrogen) atoms. The van der Waals surface area contributed by atoms with Gasteiger partial charge in [-0.3, -0.25) is 4.98 Å². The summed E-state index contributed by atoms with van der Waals surface area (Å²) in [7, 11) is 0. The average Bonchev–Trinajstić information content (AvgIpc) is 2.49. The predicted molar refractivity (Wildman–Crippen MR) is 66.5 cm³/mol. The fourth-order valence-corrected chi connectivity index (χ4v) is 2.64. The zero-order valence-electron chi connectivity index (χ0n) is 9.91. The van der Waals surface area contributed by atoms with Crippen molar-refractivity contribution < 1.29 is 0 Å². The highest BCUT2D eigenvalue weighted by Gasteiger charge is 2.35. The molecule has 0 unspecified atom stereocenters. The van der Waals surface area contributed by atoms with Crippen LogP contribution in [0.5, 0.6) is 0 Å². The van der Waals surface area contributed by atoms with E-state index in [1.165, 1.54) is 22.3 Å². The topological polar surface area (TPSA) is 12.9 Å². The van der Waals surface area contributed by atoms with Crippen LogP contribution in [-0.4, -0.2) is 4.98 Å². The Balaban J connectivity index is 2.39. The number of nitrogens with zero attached hydrogens (tertiary/aromatic N) is 1. The normalized spacial score (nSPS) is 15.7. The number of rotatable bonds is 0. The maximum Gasteiger partial charge on any atom is 0.0746 e. The molecule has 1 heterocycles. The van der Waals surface area contributed by atoms with Crippen molar-refractivity contribution >= 4 is 0 Å². The monoisotopic (exact) mass is 209 g/mol. The van der Waals surface area contributed by atoms with Gasteiger partial charge in [0.15, 0.2) is 0 Å². The quantitative estimate of drug-likeness (QED) is 0.644. The van der Waals surface area contributed by atoms with E-state index in [2.05, 4.69) is 56.1 Å². The van der Waals surface area contributed by atoms with Gasteiger partial charge in [-0.15, -0.1) is 0 Å². The molecule has 1 aromatic carbocycles. The molecule has 0 amide bonds. The van der Waals surface area contributed by atoms with Crippen molar-refractivity contribution in [3.8, 4) is 11.3 Å². The smallest absolute Gasteiger partial charge is 0.0746 e. The maximum absolute atomic E-state index is 4.60. The Bertz CT molecular complexity index is 567. The Morgan fingerprint density at radius 3 is 2.62 bits per heavy atom. The second-order valence-corrected chi connectivity index (χ2v) is 5.08. The summed E-state index contributed by atoms with van der Waals surface area (Å²) < 4.78 is 0. The van der Waals surface area contributed by atoms with Crippen molar-refractivity contribution in [2.45, 2.75) is 26.2 Å². The van der Waals surface area contributed by atoms with Gasteiger partial charge in [-0.25, -0.2) is 0 Å². The lowest BCUT2D eigenvalue weighted by atomic mass is 9.82. The molecule has 0 bridgehead atoms. The van der Waals surface area contributed by atoms with Crippen LogP contribution in [0.4, 0.5) is 0 Å². The van der Waals surface area contributed by atoms with Gasteiger partial charge in [-0.1, -0.05) is 44.2 Å². The van der Waals surface area contributed by atoms with Gasteiger partial charge in [0.2, 0.25) is 0 Å². The van der Waals surface area contributed by atoms with E-state index in [9.17, 15) is 0 Å². The largest absolute Gasteiger partial charge is 0.256 e. The predicted octanol–water partition coefficient (Wildman–Crippen LogP) is 3.70. The van der Waals surface area contributed by atoms with E-state index in [0.717, 1.165) is 5.69 Å². The average molecular weight is 209 g/mol. The first-order chi connectivity index (χ1) is 7.60. The van der Waals surface area contributed by atoms with E-state index in [1.807, 2.05) is 6.20 Å². The van der Waals surface area contributed by atoms with Crippen molar-refractivity contribution in [2.75, 3.05) is 0 Å². The van der Waals surface area contributed by atoms with Gasteiger partial charge in [0.1, 0.15) is 0 Å². The number of fused-ring (bicyclic) bond motifs is 3. The fraction of sp³-hybridized carbons (Fsp3) is 0.267. The zero-order valence-corrected chi connectivity index (χ0v) is 9.91. The van der Waals surface area contributed by atoms with Gasteiger partial charge >= 0.3 is 0 Å². The molecule has 1 nitrogen and oxygen atoms in total. The summed E-state index contributed by atoms with van der Waals surface area (Å²) in [4.78, 5) is 4.60. The number of benzene rings is 1. The molecule has 1 aromatic heterocycles. The maximum atomic E-state index is 4.60. The van der Waals surface area contributed by atoms with E-state index in [4.69, 9.17) is 0 Å². The molecule has 0 fully saturated rings. The van der Waals surface area contributed by atoms with E-state index in [0.29, 0.717) is 0 Å². The molecule has 0 atom stereocenters. The van der Waals surface area contributed by atoms with Gasteiger partial charge in [-0.2, -0.15) is 0 Å². The molecular weight excluding hydrogens is 194 g/mol.